The number of aliphatic hydroxyl groups is 1. The fraction of sp³-hybridized carbons (Fsp3) is 0.500. The molecule has 2 nitrogen and oxygen atoms in total. The van der Waals surface area contributed by atoms with E-state index >= 15 is 0 Å². The average molecular weight is 206 g/mol. The van der Waals surface area contributed by atoms with Crippen LogP contribution in [0.2, 0.25) is 0 Å². The zero-order chi connectivity index (χ0) is 7.68. The maximum absolute atomic E-state index is 8.90. The van der Waals surface area contributed by atoms with Crippen LogP contribution < -0.4 is 5.32 Å². The van der Waals surface area contributed by atoms with Gasteiger partial charge in [-0.15, -0.1) is 23.7 Å². The number of aliphatic hydroxyl groups excluding tert-OH is 1. The van der Waals surface area contributed by atoms with E-state index in [0.29, 0.717) is 0 Å². The second-order valence-electron chi connectivity index (χ2n) is 2.83. The van der Waals surface area contributed by atoms with Gasteiger partial charge in [0.25, 0.3) is 0 Å². The lowest BCUT2D eigenvalue weighted by Gasteiger charge is -2.21. The van der Waals surface area contributed by atoms with Crippen molar-refractivity contribution in [3.8, 4) is 0 Å². The van der Waals surface area contributed by atoms with Crippen molar-refractivity contribution in [1.82, 2.24) is 5.32 Å². The average Bonchev–Trinajstić information content (AvgIpc) is 2.50. The van der Waals surface area contributed by atoms with Crippen molar-refractivity contribution >= 4 is 23.7 Å². The van der Waals surface area contributed by atoms with Gasteiger partial charge >= 0.3 is 0 Å². The van der Waals surface area contributed by atoms with Gasteiger partial charge in [-0.2, -0.15) is 0 Å². The highest BCUT2D eigenvalue weighted by molar-refractivity contribution is 7.10. The Morgan fingerprint density at radius 1 is 1.67 bits per heavy atom. The fourth-order valence-electron chi connectivity index (χ4n) is 1.41. The molecule has 2 rings (SSSR count). The molecular weight excluding hydrogens is 194 g/mol. The van der Waals surface area contributed by atoms with Crippen molar-refractivity contribution < 1.29 is 5.11 Å². The molecule has 1 aromatic heterocycles. The normalized spacial score (nSPS) is 21.2. The van der Waals surface area contributed by atoms with E-state index in [-0.39, 0.29) is 25.1 Å². The zero-order valence-electron chi connectivity index (χ0n) is 6.62. The Morgan fingerprint density at radius 2 is 2.50 bits per heavy atom. The summed E-state index contributed by atoms with van der Waals surface area (Å²) in [5, 5.41) is 14.3. The van der Waals surface area contributed by atoms with Gasteiger partial charge in [-0.05, 0) is 23.4 Å². The molecule has 0 amide bonds. The van der Waals surface area contributed by atoms with Gasteiger partial charge < -0.3 is 10.4 Å². The molecule has 0 spiro atoms. The van der Waals surface area contributed by atoms with Crippen molar-refractivity contribution in [2.75, 3.05) is 6.61 Å². The molecular formula is C8H12ClNOS. The molecule has 2 N–H and O–H groups in total. The SMILES string of the molecule is Cl.OCC1Cc2ccsc2CN1. The van der Waals surface area contributed by atoms with E-state index in [1.54, 1.807) is 11.3 Å². The molecule has 1 atom stereocenters. The highest BCUT2D eigenvalue weighted by Crippen LogP contribution is 2.21. The van der Waals surface area contributed by atoms with Gasteiger partial charge in [0.05, 0.1) is 6.61 Å². The van der Waals surface area contributed by atoms with Crippen molar-refractivity contribution in [1.29, 1.82) is 0 Å². The molecule has 1 aliphatic heterocycles. The largest absolute Gasteiger partial charge is 0.395 e. The second kappa shape index (κ2) is 4.23. The molecule has 1 aromatic rings. The predicted molar refractivity (Wildman–Crippen MR) is 53.0 cm³/mol. The summed E-state index contributed by atoms with van der Waals surface area (Å²) in [7, 11) is 0. The molecule has 68 valence electrons. The Morgan fingerprint density at radius 3 is 3.25 bits per heavy atom. The molecule has 0 bridgehead atoms. The molecule has 2 heterocycles. The first-order valence-corrected chi connectivity index (χ1v) is 4.67. The van der Waals surface area contributed by atoms with Gasteiger partial charge in [0.2, 0.25) is 0 Å². The van der Waals surface area contributed by atoms with E-state index in [0.717, 1.165) is 13.0 Å². The number of fused-ring (bicyclic) bond motifs is 1. The number of hydrogen-bond acceptors (Lipinski definition) is 3. The minimum absolute atomic E-state index is 0. The topological polar surface area (TPSA) is 32.3 Å². The van der Waals surface area contributed by atoms with Gasteiger partial charge in [0, 0.05) is 17.5 Å². The van der Waals surface area contributed by atoms with Crippen LogP contribution in [-0.2, 0) is 13.0 Å². The summed E-state index contributed by atoms with van der Waals surface area (Å²) in [5.41, 5.74) is 1.41. The molecule has 0 radical (unpaired) electrons. The minimum Gasteiger partial charge on any atom is -0.395 e. The Kier molecular flexibility index (Phi) is 3.53. The van der Waals surface area contributed by atoms with Gasteiger partial charge in [-0.3, -0.25) is 0 Å². The summed E-state index contributed by atoms with van der Waals surface area (Å²) in [6, 6.07) is 2.43. The molecule has 0 aliphatic carbocycles. The van der Waals surface area contributed by atoms with Crippen LogP contribution >= 0.6 is 23.7 Å². The first-order valence-electron chi connectivity index (χ1n) is 3.79. The third-order valence-corrected chi connectivity index (χ3v) is 3.04. The van der Waals surface area contributed by atoms with Gasteiger partial charge in [-0.1, -0.05) is 0 Å². The smallest absolute Gasteiger partial charge is 0.0588 e. The van der Waals surface area contributed by atoms with Crippen LogP contribution in [0.25, 0.3) is 0 Å². The zero-order valence-corrected chi connectivity index (χ0v) is 8.25. The summed E-state index contributed by atoms with van der Waals surface area (Å²) in [4.78, 5) is 1.43. The lowest BCUT2D eigenvalue weighted by Crippen LogP contribution is -2.37. The monoisotopic (exact) mass is 205 g/mol. The first kappa shape index (κ1) is 9.99. The van der Waals surface area contributed by atoms with Crippen molar-refractivity contribution in [3.63, 3.8) is 0 Å². The Labute approximate surface area is 82.0 Å². The van der Waals surface area contributed by atoms with E-state index in [1.807, 2.05) is 0 Å². The fourth-order valence-corrected chi connectivity index (χ4v) is 2.27. The van der Waals surface area contributed by atoms with Crippen molar-refractivity contribution in [3.05, 3.63) is 21.9 Å². The number of nitrogens with one attached hydrogen (secondary N) is 1. The second-order valence-corrected chi connectivity index (χ2v) is 3.83. The minimum atomic E-state index is 0. The van der Waals surface area contributed by atoms with Gasteiger partial charge in [0.1, 0.15) is 0 Å². The van der Waals surface area contributed by atoms with Crippen molar-refractivity contribution in [2.45, 2.75) is 19.0 Å². The molecule has 1 unspecified atom stereocenters. The van der Waals surface area contributed by atoms with Crippen LogP contribution in [-0.4, -0.2) is 17.8 Å². The first-order chi connectivity index (χ1) is 5.40. The summed E-state index contributed by atoms with van der Waals surface area (Å²) in [6.07, 6.45) is 0.981. The molecule has 0 saturated carbocycles. The summed E-state index contributed by atoms with van der Waals surface area (Å²) >= 11 is 1.79. The van der Waals surface area contributed by atoms with Crippen molar-refractivity contribution in [2.24, 2.45) is 0 Å². The molecule has 4 heteroatoms. The van der Waals surface area contributed by atoms with Gasteiger partial charge in [-0.25, -0.2) is 0 Å². The van der Waals surface area contributed by atoms with Crippen LogP contribution in [0.4, 0.5) is 0 Å². The van der Waals surface area contributed by atoms with Gasteiger partial charge in [0.15, 0.2) is 0 Å². The third kappa shape index (κ3) is 1.80. The summed E-state index contributed by atoms with van der Waals surface area (Å²) < 4.78 is 0. The third-order valence-electron chi connectivity index (χ3n) is 2.08. The molecule has 0 saturated heterocycles. The number of thiophene rings is 1. The Hall–Kier alpha value is -0.0900. The van der Waals surface area contributed by atoms with Crippen LogP contribution in [0.3, 0.4) is 0 Å². The van der Waals surface area contributed by atoms with E-state index in [4.69, 9.17) is 5.11 Å². The van der Waals surface area contributed by atoms with E-state index in [1.165, 1.54) is 10.4 Å². The predicted octanol–water partition coefficient (Wildman–Crippen LogP) is 1.18. The standard InChI is InChI=1S/C8H11NOS.ClH/c10-5-7-3-6-1-2-11-8(6)4-9-7;/h1-2,7,9-10H,3-5H2;1H. The van der Waals surface area contributed by atoms with Crippen LogP contribution in [0.15, 0.2) is 11.4 Å². The number of halogens is 1. The summed E-state index contributed by atoms with van der Waals surface area (Å²) in [6.45, 7) is 1.17. The molecule has 0 aromatic carbocycles. The van der Waals surface area contributed by atoms with E-state index in [9.17, 15) is 0 Å². The maximum Gasteiger partial charge on any atom is 0.0588 e. The van der Waals surface area contributed by atoms with E-state index in [2.05, 4.69) is 16.8 Å². The molecule has 12 heavy (non-hydrogen) atoms. The Balaban J connectivity index is 0.000000720. The van der Waals surface area contributed by atoms with Crippen LogP contribution in [0, 0.1) is 0 Å². The lowest BCUT2D eigenvalue weighted by molar-refractivity contribution is 0.236. The molecule has 0 fully saturated rings. The number of hydrogen-bond donors (Lipinski definition) is 2. The number of rotatable bonds is 1. The lowest BCUT2D eigenvalue weighted by atomic mass is 10.0. The Bertz CT molecular complexity index is 251. The van der Waals surface area contributed by atoms with Crippen LogP contribution in [0.5, 0.6) is 0 Å². The maximum atomic E-state index is 8.90. The molecule has 1 aliphatic rings. The van der Waals surface area contributed by atoms with Crippen LogP contribution in [0.1, 0.15) is 10.4 Å². The highest BCUT2D eigenvalue weighted by atomic mass is 35.5. The summed E-state index contributed by atoms with van der Waals surface area (Å²) in [5.74, 6) is 0. The van der Waals surface area contributed by atoms with E-state index < -0.39 is 0 Å². The quantitative estimate of drug-likeness (QED) is 0.722. The highest BCUT2D eigenvalue weighted by Gasteiger charge is 2.17.